The molecule has 1 N–H and O–H groups in total. The number of hydrogen-bond acceptors (Lipinski definition) is 2. The SMILES string of the molecule is CC(=O)N(CCNC(=O)c1ccc(Cl)cc1)c1cccc(C(F)(F)F)c1. The summed E-state index contributed by atoms with van der Waals surface area (Å²) in [5.41, 5.74) is -0.331. The first-order chi connectivity index (χ1) is 12.2. The Bertz CT molecular complexity index is 792. The van der Waals surface area contributed by atoms with Crippen molar-refractivity contribution < 1.29 is 22.8 Å². The molecule has 4 nitrogen and oxygen atoms in total. The Morgan fingerprint density at radius 2 is 1.77 bits per heavy atom. The molecule has 2 amide bonds. The van der Waals surface area contributed by atoms with Crippen LogP contribution in [0, 0.1) is 0 Å². The van der Waals surface area contributed by atoms with Gasteiger partial charge in [0.1, 0.15) is 0 Å². The average molecular weight is 385 g/mol. The van der Waals surface area contributed by atoms with Crippen LogP contribution in [-0.2, 0) is 11.0 Å². The molecule has 2 rings (SSSR count). The van der Waals surface area contributed by atoms with E-state index in [4.69, 9.17) is 11.6 Å². The maximum absolute atomic E-state index is 12.8. The number of alkyl halides is 3. The summed E-state index contributed by atoms with van der Waals surface area (Å²) in [6.07, 6.45) is -4.50. The van der Waals surface area contributed by atoms with Gasteiger partial charge in [-0.25, -0.2) is 0 Å². The Labute approximate surface area is 153 Å². The normalized spacial score (nSPS) is 11.1. The minimum Gasteiger partial charge on any atom is -0.350 e. The number of amides is 2. The molecule has 138 valence electrons. The van der Waals surface area contributed by atoms with Crippen LogP contribution in [0.15, 0.2) is 48.5 Å². The summed E-state index contributed by atoms with van der Waals surface area (Å²) in [6, 6.07) is 10.7. The molecule has 0 fully saturated rings. The highest BCUT2D eigenvalue weighted by molar-refractivity contribution is 6.30. The maximum atomic E-state index is 12.8. The molecule has 26 heavy (non-hydrogen) atoms. The summed E-state index contributed by atoms with van der Waals surface area (Å²) in [5.74, 6) is -0.792. The van der Waals surface area contributed by atoms with Gasteiger partial charge < -0.3 is 10.2 Å². The van der Waals surface area contributed by atoms with Crippen LogP contribution in [0.2, 0.25) is 5.02 Å². The van der Waals surface area contributed by atoms with Gasteiger partial charge in [-0.2, -0.15) is 13.2 Å². The van der Waals surface area contributed by atoms with Crippen molar-refractivity contribution >= 4 is 29.1 Å². The largest absolute Gasteiger partial charge is 0.416 e. The van der Waals surface area contributed by atoms with Crippen LogP contribution in [0.1, 0.15) is 22.8 Å². The van der Waals surface area contributed by atoms with Crippen molar-refractivity contribution in [3.05, 3.63) is 64.7 Å². The highest BCUT2D eigenvalue weighted by Gasteiger charge is 2.31. The lowest BCUT2D eigenvalue weighted by Gasteiger charge is -2.22. The van der Waals surface area contributed by atoms with Gasteiger partial charge in [-0.3, -0.25) is 9.59 Å². The van der Waals surface area contributed by atoms with Crippen molar-refractivity contribution in [1.29, 1.82) is 0 Å². The molecule has 0 aliphatic rings. The molecule has 0 unspecified atom stereocenters. The first-order valence-electron chi connectivity index (χ1n) is 7.67. The minimum absolute atomic E-state index is 0.0377. The molecule has 0 spiro atoms. The molecule has 0 aromatic heterocycles. The number of anilines is 1. The Morgan fingerprint density at radius 3 is 2.35 bits per heavy atom. The van der Waals surface area contributed by atoms with Crippen molar-refractivity contribution in [3.8, 4) is 0 Å². The molecule has 0 aliphatic carbocycles. The van der Waals surface area contributed by atoms with Crippen molar-refractivity contribution in [2.45, 2.75) is 13.1 Å². The molecule has 8 heteroatoms. The number of nitrogens with zero attached hydrogens (tertiary/aromatic N) is 1. The van der Waals surface area contributed by atoms with Crippen LogP contribution in [0.25, 0.3) is 0 Å². The van der Waals surface area contributed by atoms with E-state index < -0.39 is 17.6 Å². The minimum atomic E-state index is -4.50. The zero-order valence-corrected chi connectivity index (χ0v) is 14.6. The number of carbonyl (C=O) groups is 2. The van der Waals surface area contributed by atoms with Crippen LogP contribution < -0.4 is 10.2 Å². The Kier molecular flexibility index (Phi) is 6.26. The number of benzene rings is 2. The first-order valence-corrected chi connectivity index (χ1v) is 8.05. The smallest absolute Gasteiger partial charge is 0.350 e. The summed E-state index contributed by atoms with van der Waals surface area (Å²) < 4.78 is 38.5. The average Bonchev–Trinajstić information content (AvgIpc) is 2.58. The third-order valence-corrected chi connectivity index (χ3v) is 3.84. The predicted octanol–water partition coefficient (Wildman–Crippen LogP) is 4.14. The van der Waals surface area contributed by atoms with Crippen molar-refractivity contribution in [3.63, 3.8) is 0 Å². The van der Waals surface area contributed by atoms with Gasteiger partial charge >= 0.3 is 6.18 Å². The predicted molar refractivity (Wildman–Crippen MR) is 93.3 cm³/mol. The summed E-state index contributed by atoms with van der Waals surface area (Å²) >= 11 is 5.75. The van der Waals surface area contributed by atoms with E-state index in [0.717, 1.165) is 12.1 Å². The van der Waals surface area contributed by atoms with Gasteiger partial charge in [-0.05, 0) is 42.5 Å². The lowest BCUT2D eigenvalue weighted by Crippen LogP contribution is -2.37. The molecule has 0 heterocycles. The fourth-order valence-electron chi connectivity index (χ4n) is 2.30. The Morgan fingerprint density at radius 1 is 1.12 bits per heavy atom. The molecule has 0 saturated carbocycles. The van der Waals surface area contributed by atoms with Gasteiger partial charge in [0.2, 0.25) is 5.91 Å². The highest BCUT2D eigenvalue weighted by Crippen LogP contribution is 2.31. The zero-order valence-electron chi connectivity index (χ0n) is 13.8. The van der Waals surface area contributed by atoms with E-state index in [0.29, 0.717) is 10.6 Å². The van der Waals surface area contributed by atoms with Crippen LogP contribution in [0.4, 0.5) is 18.9 Å². The quantitative estimate of drug-likeness (QED) is 0.842. The molecule has 0 saturated heterocycles. The van der Waals surface area contributed by atoms with Crippen LogP contribution in [0.3, 0.4) is 0 Å². The van der Waals surface area contributed by atoms with E-state index in [1.165, 1.54) is 24.0 Å². The topological polar surface area (TPSA) is 49.4 Å². The molecular formula is C18H16ClF3N2O2. The third kappa shape index (κ3) is 5.23. The van der Waals surface area contributed by atoms with Gasteiger partial charge in [0.15, 0.2) is 0 Å². The second-order valence-electron chi connectivity index (χ2n) is 5.48. The van der Waals surface area contributed by atoms with Crippen molar-refractivity contribution in [1.82, 2.24) is 5.32 Å². The third-order valence-electron chi connectivity index (χ3n) is 3.59. The van der Waals surface area contributed by atoms with E-state index in [9.17, 15) is 22.8 Å². The molecule has 0 aliphatic heterocycles. The molecule has 0 radical (unpaired) electrons. The van der Waals surface area contributed by atoms with Gasteiger partial charge in [-0.1, -0.05) is 17.7 Å². The highest BCUT2D eigenvalue weighted by atomic mass is 35.5. The maximum Gasteiger partial charge on any atom is 0.416 e. The number of hydrogen-bond donors (Lipinski definition) is 1. The Balaban J connectivity index is 2.04. The second kappa shape index (κ2) is 8.23. The number of rotatable bonds is 5. The second-order valence-corrected chi connectivity index (χ2v) is 5.92. The molecule has 2 aromatic rings. The molecule has 2 aromatic carbocycles. The number of halogens is 4. The van der Waals surface area contributed by atoms with Gasteiger partial charge in [0, 0.05) is 36.3 Å². The summed E-state index contributed by atoms with van der Waals surface area (Å²) in [5, 5.41) is 3.11. The fourth-order valence-corrected chi connectivity index (χ4v) is 2.43. The lowest BCUT2D eigenvalue weighted by atomic mass is 10.1. The summed E-state index contributed by atoms with van der Waals surface area (Å²) in [4.78, 5) is 25.0. The summed E-state index contributed by atoms with van der Waals surface area (Å²) in [7, 11) is 0. The van der Waals surface area contributed by atoms with Crippen molar-refractivity contribution in [2.75, 3.05) is 18.0 Å². The summed E-state index contributed by atoms with van der Waals surface area (Å²) in [6.45, 7) is 1.37. The van der Waals surface area contributed by atoms with Crippen LogP contribution in [0.5, 0.6) is 0 Å². The standard InChI is InChI=1S/C18H16ClF3N2O2/c1-12(25)24(16-4-2-3-14(11-16)18(20,21)22)10-9-23-17(26)13-5-7-15(19)8-6-13/h2-8,11H,9-10H2,1H3,(H,23,26). The van der Waals surface area contributed by atoms with Gasteiger partial charge in [-0.15, -0.1) is 0 Å². The molecule has 0 atom stereocenters. The number of nitrogens with one attached hydrogen (secondary N) is 1. The number of carbonyl (C=O) groups excluding carboxylic acids is 2. The fraction of sp³-hybridized carbons (Fsp3) is 0.222. The van der Waals surface area contributed by atoms with E-state index in [1.807, 2.05) is 0 Å². The van der Waals surface area contributed by atoms with Crippen molar-refractivity contribution in [2.24, 2.45) is 0 Å². The monoisotopic (exact) mass is 384 g/mol. The van der Waals surface area contributed by atoms with E-state index in [1.54, 1.807) is 24.3 Å². The van der Waals surface area contributed by atoms with Gasteiger partial charge in [0.25, 0.3) is 5.91 Å². The van der Waals surface area contributed by atoms with Crippen LogP contribution >= 0.6 is 11.6 Å². The first kappa shape index (κ1) is 19.8. The zero-order chi connectivity index (χ0) is 19.3. The lowest BCUT2D eigenvalue weighted by molar-refractivity contribution is -0.137. The van der Waals surface area contributed by atoms with E-state index in [2.05, 4.69) is 5.32 Å². The van der Waals surface area contributed by atoms with E-state index in [-0.39, 0.29) is 24.7 Å². The van der Waals surface area contributed by atoms with Gasteiger partial charge in [0.05, 0.1) is 5.56 Å². The van der Waals surface area contributed by atoms with Crippen LogP contribution in [-0.4, -0.2) is 24.9 Å². The van der Waals surface area contributed by atoms with E-state index >= 15 is 0 Å². The molecule has 0 bridgehead atoms. The molecular weight excluding hydrogens is 369 g/mol. The Hall–Kier alpha value is -2.54.